The highest BCUT2D eigenvalue weighted by atomic mass is 35.5. The number of rotatable bonds is 0. The van der Waals surface area contributed by atoms with Gasteiger partial charge in [-0.3, -0.25) is 0 Å². The van der Waals surface area contributed by atoms with E-state index in [2.05, 4.69) is 4.98 Å². The molecule has 0 aliphatic rings. The largest absolute Gasteiger partial charge is 0.397 e. The van der Waals surface area contributed by atoms with Crippen molar-refractivity contribution < 1.29 is 4.39 Å². The highest BCUT2D eigenvalue weighted by Crippen LogP contribution is 2.25. The molecule has 1 aromatic heterocycles. The normalized spacial score (nSPS) is 10.0. The molecule has 0 bridgehead atoms. The Morgan fingerprint density at radius 2 is 2.08 bits per heavy atom. The van der Waals surface area contributed by atoms with Gasteiger partial charge in [0.25, 0.3) is 0 Å². The zero-order valence-corrected chi connectivity index (χ0v) is 8.05. The molecule has 2 rings (SSSR count). The molecule has 0 saturated heterocycles. The summed E-state index contributed by atoms with van der Waals surface area (Å²) in [6.07, 6.45) is 1.61. The number of aromatic amines is 1. The number of hydrogen-bond acceptors (Lipinski definition) is 1. The summed E-state index contributed by atoms with van der Waals surface area (Å²) in [5.41, 5.74) is 6.83. The molecular formula is C8H7Cl2FN2. The number of aromatic nitrogens is 1. The third-order valence-corrected chi connectivity index (χ3v) is 2.04. The van der Waals surface area contributed by atoms with Gasteiger partial charge in [-0.2, -0.15) is 0 Å². The lowest BCUT2D eigenvalue weighted by molar-refractivity contribution is 0.630. The summed E-state index contributed by atoms with van der Waals surface area (Å²) < 4.78 is 12.9. The van der Waals surface area contributed by atoms with Gasteiger partial charge < -0.3 is 10.7 Å². The van der Waals surface area contributed by atoms with Crippen molar-refractivity contribution in [2.45, 2.75) is 0 Å². The van der Waals surface area contributed by atoms with E-state index in [1.807, 2.05) is 0 Å². The Hall–Kier alpha value is -0.930. The maximum Gasteiger partial charge on any atom is 0.142 e. The summed E-state index contributed by atoms with van der Waals surface area (Å²) in [5.74, 6) is -0.449. The van der Waals surface area contributed by atoms with E-state index in [0.717, 1.165) is 5.52 Å². The Labute approximate surface area is 85.3 Å². The summed E-state index contributed by atoms with van der Waals surface area (Å²) in [5, 5.41) is 0.765. The van der Waals surface area contributed by atoms with Gasteiger partial charge in [-0.15, -0.1) is 12.4 Å². The standard InChI is InChI=1S/C8H6ClFN2.ClH/c9-5-2-8-4(1-6(5)10)7(11)3-12-8;/h1-3,12H,11H2;1H. The molecule has 1 aromatic carbocycles. The first kappa shape index (κ1) is 10.2. The Morgan fingerprint density at radius 1 is 1.38 bits per heavy atom. The highest BCUT2D eigenvalue weighted by molar-refractivity contribution is 6.31. The van der Waals surface area contributed by atoms with Crippen LogP contribution in [0.3, 0.4) is 0 Å². The van der Waals surface area contributed by atoms with Gasteiger partial charge in [0.15, 0.2) is 0 Å². The SMILES string of the molecule is Cl.Nc1c[nH]c2cc(Cl)c(F)cc12. The molecule has 0 saturated carbocycles. The van der Waals surface area contributed by atoms with Crippen LogP contribution < -0.4 is 5.73 Å². The number of fused-ring (bicyclic) bond motifs is 1. The van der Waals surface area contributed by atoms with Gasteiger partial charge in [0.1, 0.15) is 5.82 Å². The molecule has 0 atom stereocenters. The fraction of sp³-hybridized carbons (Fsp3) is 0. The zero-order valence-electron chi connectivity index (χ0n) is 6.47. The molecule has 70 valence electrons. The molecule has 0 spiro atoms. The summed E-state index contributed by atoms with van der Waals surface area (Å²) >= 11 is 5.56. The third-order valence-electron chi connectivity index (χ3n) is 1.75. The minimum atomic E-state index is -0.449. The first-order valence-electron chi connectivity index (χ1n) is 3.40. The van der Waals surface area contributed by atoms with Gasteiger partial charge in [-0.05, 0) is 12.1 Å². The molecule has 0 aliphatic carbocycles. The van der Waals surface area contributed by atoms with Gasteiger partial charge in [0.2, 0.25) is 0 Å². The van der Waals surface area contributed by atoms with E-state index in [0.29, 0.717) is 11.1 Å². The number of benzene rings is 1. The predicted molar refractivity (Wildman–Crippen MR) is 54.9 cm³/mol. The fourth-order valence-corrected chi connectivity index (χ4v) is 1.30. The topological polar surface area (TPSA) is 41.8 Å². The van der Waals surface area contributed by atoms with Crippen molar-refractivity contribution in [1.29, 1.82) is 0 Å². The Morgan fingerprint density at radius 3 is 2.77 bits per heavy atom. The summed E-state index contributed by atoms with van der Waals surface area (Å²) in [4.78, 5) is 2.88. The Balaban J connectivity index is 0.000000845. The van der Waals surface area contributed by atoms with Crippen molar-refractivity contribution in [1.82, 2.24) is 4.98 Å². The van der Waals surface area contributed by atoms with E-state index in [4.69, 9.17) is 17.3 Å². The first-order valence-corrected chi connectivity index (χ1v) is 3.78. The monoisotopic (exact) mass is 220 g/mol. The highest BCUT2D eigenvalue weighted by Gasteiger charge is 2.05. The number of nitrogens with one attached hydrogen (secondary N) is 1. The van der Waals surface area contributed by atoms with Crippen LogP contribution in [0.2, 0.25) is 5.02 Å². The minimum absolute atomic E-state index is 0. The van der Waals surface area contributed by atoms with E-state index in [-0.39, 0.29) is 17.4 Å². The number of H-pyrrole nitrogens is 1. The second-order valence-corrected chi connectivity index (χ2v) is 2.96. The molecule has 0 radical (unpaired) electrons. The van der Waals surface area contributed by atoms with Crippen molar-refractivity contribution in [3.05, 3.63) is 29.2 Å². The van der Waals surface area contributed by atoms with Crippen LogP contribution in [0.5, 0.6) is 0 Å². The number of hydrogen-bond donors (Lipinski definition) is 2. The number of nitrogen functional groups attached to an aromatic ring is 1. The molecule has 0 aliphatic heterocycles. The van der Waals surface area contributed by atoms with Crippen LogP contribution in [0.1, 0.15) is 0 Å². The molecule has 2 nitrogen and oxygen atoms in total. The molecule has 5 heteroatoms. The molecule has 0 unspecified atom stereocenters. The maximum atomic E-state index is 12.9. The number of halogens is 3. The average molecular weight is 221 g/mol. The summed E-state index contributed by atoms with van der Waals surface area (Å²) in [6.45, 7) is 0. The van der Waals surface area contributed by atoms with Crippen LogP contribution in [0.4, 0.5) is 10.1 Å². The van der Waals surface area contributed by atoms with Crippen LogP contribution in [-0.4, -0.2) is 4.98 Å². The van der Waals surface area contributed by atoms with Crippen LogP contribution in [-0.2, 0) is 0 Å². The third kappa shape index (κ3) is 1.57. The van der Waals surface area contributed by atoms with Gasteiger partial charge in [0, 0.05) is 17.1 Å². The van der Waals surface area contributed by atoms with Gasteiger partial charge in [-0.25, -0.2) is 4.39 Å². The van der Waals surface area contributed by atoms with Gasteiger partial charge in [-0.1, -0.05) is 11.6 Å². The van der Waals surface area contributed by atoms with Crippen molar-refractivity contribution in [3.8, 4) is 0 Å². The Bertz CT molecular complexity index is 439. The number of nitrogens with two attached hydrogens (primary N) is 1. The lowest BCUT2D eigenvalue weighted by Gasteiger charge is -1.94. The van der Waals surface area contributed by atoms with Gasteiger partial charge in [0.05, 0.1) is 10.7 Å². The van der Waals surface area contributed by atoms with E-state index < -0.39 is 5.82 Å². The number of anilines is 1. The van der Waals surface area contributed by atoms with Crippen molar-refractivity contribution in [2.75, 3.05) is 5.73 Å². The lowest BCUT2D eigenvalue weighted by Crippen LogP contribution is -1.82. The fourth-order valence-electron chi connectivity index (χ4n) is 1.14. The molecule has 1 heterocycles. The van der Waals surface area contributed by atoms with E-state index in [1.165, 1.54) is 12.1 Å². The zero-order chi connectivity index (χ0) is 8.72. The second-order valence-electron chi connectivity index (χ2n) is 2.56. The van der Waals surface area contributed by atoms with Crippen molar-refractivity contribution in [3.63, 3.8) is 0 Å². The molecule has 3 N–H and O–H groups in total. The van der Waals surface area contributed by atoms with E-state index >= 15 is 0 Å². The van der Waals surface area contributed by atoms with E-state index in [1.54, 1.807) is 6.20 Å². The first-order chi connectivity index (χ1) is 5.68. The molecule has 2 aromatic rings. The average Bonchev–Trinajstić information content (AvgIpc) is 2.35. The predicted octanol–water partition coefficient (Wildman–Crippen LogP) is 2.96. The molecule has 0 fully saturated rings. The van der Waals surface area contributed by atoms with Crippen molar-refractivity contribution >= 4 is 40.6 Å². The molecule has 13 heavy (non-hydrogen) atoms. The van der Waals surface area contributed by atoms with Crippen molar-refractivity contribution in [2.24, 2.45) is 0 Å². The van der Waals surface area contributed by atoms with Crippen LogP contribution in [0.25, 0.3) is 10.9 Å². The quantitative estimate of drug-likeness (QED) is 0.705. The Kier molecular flexibility index (Phi) is 2.68. The molecular weight excluding hydrogens is 214 g/mol. The van der Waals surface area contributed by atoms with Crippen LogP contribution in [0.15, 0.2) is 18.3 Å². The van der Waals surface area contributed by atoms with E-state index in [9.17, 15) is 4.39 Å². The minimum Gasteiger partial charge on any atom is -0.397 e. The van der Waals surface area contributed by atoms with Crippen LogP contribution in [0, 0.1) is 5.82 Å². The van der Waals surface area contributed by atoms with Crippen LogP contribution >= 0.6 is 24.0 Å². The summed E-state index contributed by atoms with van der Waals surface area (Å²) in [7, 11) is 0. The summed E-state index contributed by atoms with van der Waals surface area (Å²) in [6, 6.07) is 2.84. The van der Waals surface area contributed by atoms with Gasteiger partial charge >= 0.3 is 0 Å². The molecule has 0 amide bonds. The second kappa shape index (κ2) is 3.44. The lowest BCUT2D eigenvalue weighted by atomic mass is 10.2. The maximum absolute atomic E-state index is 12.9. The smallest absolute Gasteiger partial charge is 0.142 e.